The normalized spacial score (nSPS) is 16.5. The lowest BCUT2D eigenvalue weighted by Gasteiger charge is -2.27. The zero-order valence-electron chi connectivity index (χ0n) is 8.93. The highest BCUT2D eigenvalue weighted by atomic mass is 16.6. The Morgan fingerprint density at radius 2 is 2.20 bits per heavy atom. The fourth-order valence-corrected chi connectivity index (χ4v) is 1.47. The summed E-state index contributed by atoms with van der Waals surface area (Å²) in [6.07, 6.45) is 1.53. The van der Waals surface area contributed by atoms with Gasteiger partial charge in [0.1, 0.15) is 18.2 Å². The highest BCUT2D eigenvalue weighted by Gasteiger charge is 2.23. The number of nitrogens with two attached hydrogens (primary N) is 1. The zero-order chi connectivity index (χ0) is 10.8. The van der Waals surface area contributed by atoms with E-state index in [0.29, 0.717) is 24.9 Å². The summed E-state index contributed by atoms with van der Waals surface area (Å²) in [7, 11) is 0. The van der Waals surface area contributed by atoms with E-state index < -0.39 is 0 Å². The first-order valence-corrected chi connectivity index (χ1v) is 5.03. The highest BCUT2D eigenvalue weighted by Crippen LogP contribution is 2.29. The molecule has 5 heteroatoms. The quantitative estimate of drug-likeness (QED) is 0.802. The maximum atomic E-state index is 5.80. The second kappa shape index (κ2) is 4.02. The van der Waals surface area contributed by atoms with E-state index in [1.165, 1.54) is 6.33 Å². The topological polar surface area (TPSA) is 70.3 Å². The SMILES string of the molecule is CC(C)c1c(N)ncnc1OC1COC1. The third-order valence-corrected chi connectivity index (χ3v) is 2.34. The molecule has 82 valence electrons. The summed E-state index contributed by atoms with van der Waals surface area (Å²) in [5.41, 5.74) is 6.67. The first kappa shape index (κ1) is 10.2. The van der Waals surface area contributed by atoms with Gasteiger partial charge in [0, 0.05) is 0 Å². The van der Waals surface area contributed by atoms with Crippen molar-refractivity contribution >= 4 is 5.82 Å². The van der Waals surface area contributed by atoms with Gasteiger partial charge in [-0.2, -0.15) is 0 Å². The molecule has 1 saturated heterocycles. The van der Waals surface area contributed by atoms with Gasteiger partial charge in [0.2, 0.25) is 5.88 Å². The van der Waals surface area contributed by atoms with Gasteiger partial charge in [0.25, 0.3) is 0 Å². The Balaban J connectivity index is 2.23. The predicted octanol–water partition coefficient (Wildman–Crippen LogP) is 0.960. The maximum Gasteiger partial charge on any atom is 0.222 e. The van der Waals surface area contributed by atoms with Crippen molar-refractivity contribution in [2.75, 3.05) is 18.9 Å². The van der Waals surface area contributed by atoms with Gasteiger partial charge in [-0.3, -0.25) is 0 Å². The van der Waals surface area contributed by atoms with Gasteiger partial charge in [-0.15, -0.1) is 0 Å². The maximum absolute atomic E-state index is 5.80. The molecule has 0 saturated carbocycles. The van der Waals surface area contributed by atoms with Crippen LogP contribution in [0.3, 0.4) is 0 Å². The Kier molecular flexibility index (Phi) is 2.73. The van der Waals surface area contributed by atoms with E-state index in [1.54, 1.807) is 0 Å². The van der Waals surface area contributed by atoms with Crippen LogP contribution in [-0.2, 0) is 4.74 Å². The molecule has 0 aromatic carbocycles. The number of anilines is 1. The Morgan fingerprint density at radius 1 is 1.47 bits per heavy atom. The zero-order valence-corrected chi connectivity index (χ0v) is 8.93. The number of hydrogen-bond acceptors (Lipinski definition) is 5. The molecule has 1 aliphatic rings. The molecule has 0 spiro atoms. The average Bonchev–Trinajstić information content (AvgIpc) is 2.10. The van der Waals surface area contributed by atoms with Gasteiger partial charge in [-0.05, 0) is 5.92 Å². The van der Waals surface area contributed by atoms with Gasteiger partial charge >= 0.3 is 0 Å². The molecule has 0 atom stereocenters. The smallest absolute Gasteiger partial charge is 0.222 e. The third kappa shape index (κ3) is 2.02. The number of rotatable bonds is 3. The lowest BCUT2D eigenvalue weighted by Crippen LogP contribution is -2.39. The van der Waals surface area contributed by atoms with Crippen LogP contribution in [0.25, 0.3) is 0 Å². The fourth-order valence-electron chi connectivity index (χ4n) is 1.47. The summed E-state index contributed by atoms with van der Waals surface area (Å²) in [5, 5.41) is 0. The lowest BCUT2D eigenvalue weighted by atomic mass is 10.1. The summed E-state index contributed by atoms with van der Waals surface area (Å²) in [5.74, 6) is 1.34. The van der Waals surface area contributed by atoms with E-state index in [4.69, 9.17) is 15.2 Å². The molecule has 1 fully saturated rings. The van der Waals surface area contributed by atoms with E-state index in [2.05, 4.69) is 9.97 Å². The van der Waals surface area contributed by atoms with Crippen LogP contribution >= 0.6 is 0 Å². The molecule has 0 amide bonds. The van der Waals surface area contributed by atoms with Crippen LogP contribution in [0.2, 0.25) is 0 Å². The van der Waals surface area contributed by atoms with Crippen LogP contribution in [0.5, 0.6) is 5.88 Å². The fraction of sp³-hybridized carbons (Fsp3) is 0.600. The first-order valence-electron chi connectivity index (χ1n) is 5.03. The summed E-state index contributed by atoms with van der Waals surface area (Å²) in [6, 6.07) is 0. The molecule has 0 radical (unpaired) electrons. The Bertz CT molecular complexity index is 351. The molecule has 15 heavy (non-hydrogen) atoms. The molecule has 1 aliphatic heterocycles. The molecule has 0 bridgehead atoms. The van der Waals surface area contributed by atoms with Crippen LogP contribution in [0, 0.1) is 0 Å². The van der Waals surface area contributed by atoms with Gasteiger partial charge in [0.15, 0.2) is 0 Å². The lowest BCUT2D eigenvalue weighted by molar-refractivity contribution is -0.0817. The van der Waals surface area contributed by atoms with Crippen molar-refractivity contribution in [3.05, 3.63) is 11.9 Å². The number of hydrogen-bond donors (Lipinski definition) is 1. The second-order valence-corrected chi connectivity index (χ2v) is 3.91. The Hall–Kier alpha value is -1.36. The summed E-state index contributed by atoms with van der Waals surface area (Å²) in [6.45, 7) is 5.33. The number of nitrogens with zero attached hydrogens (tertiary/aromatic N) is 2. The van der Waals surface area contributed by atoms with Crippen molar-refractivity contribution in [2.24, 2.45) is 0 Å². The number of nitrogen functional groups attached to an aromatic ring is 1. The molecule has 5 nitrogen and oxygen atoms in total. The second-order valence-electron chi connectivity index (χ2n) is 3.91. The van der Waals surface area contributed by atoms with Gasteiger partial charge in [0.05, 0.1) is 18.8 Å². The van der Waals surface area contributed by atoms with E-state index in [9.17, 15) is 0 Å². The van der Waals surface area contributed by atoms with Gasteiger partial charge in [-0.25, -0.2) is 9.97 Å². The van der Waals surface area contributed by atoms with Crippen LogP contribution < -0.4 is 10.5 Å². The average molecular weight is 209 g/mol. The minimum Gasteiger partial charge on any atom is -0.469 e. The minimum atomic E-state index is 0.108. The molecule has 2 heterocycles. The molecular formula is C10H15N3O2. The Labute approximate surface area is 88.6 Å². The monoisotopic (exact) mass is 209 g/mol. The van der Waals surface area contributed by atoms with Gasteiger partial charge in [-0.1, -0.05) is 13.8 Å². The molecule has 1 aromatic heterocycles. The van der Waals surface area contributed by atoms with Crippen LogP contribution in [0.15, 0.2) is 6.33 Å². The van der Waals surface area contributed by atoms with Crippen molar-refractivity contribution in [3.8, 4) is 5.88 Å². The van der Waals surface area contributed by atoms with Crippen LogP contribution in [0.4, 0.5) is 5.82 Å². The largest absolute Gasteiger partial charge is 0.469 e. The summed E-state index contributed by atoms with van der Waals surface area (Å²) >= 11 is 0. The standard InChI is InChI=1S/C10H15N3O2/c1-6(2)8-9(11)12-5-13-10(8)15-7-3-14-4-7/h5-7H,3-4H2,1-2H3,(H2,11,12,13). The highest BCUT2D eigenvalue weighted by molar-refractivity contribution is 5.46. The molecule has 2 N–H and O–H groups in total. The van der Waals surface area contributed by atoms with Crippen molar-refractivity contribution in [3.63, 3.8) is 0 Å². The summed E-state index contributed by atoms with van der Waals surface area (Å²) < 4.78 is 10.7. The van der Waals surface area contributed by atoms with E-state index in [0.717, 1.165) is 5.56 Å². The molecule has 0 aliphatic carbocycles. The van der Waals surface area contributed by atoms with Crippen molar-refractivity contribution in [1.29, 1.82) is 0 Å². The van der Waals surface area contributed by atoms with Gasteiger partial charge < -0.3 is 15.2 Å². The third-order valence-electron chi connectivity index (χ3n) is 2.34. The van der Waals surface area contributed by atoms with Crippen LogP contribution in [0.1, 0.15) is 25.3 Å². The molecular weight excluding hydrogens is 194 g/mol. The van der Waals surface area contributed by atoms with E-state index in [-0.39, 0.29) is 12.0 Å². The van der Waals surface area contributed by atoms with Crippen molar-refractivity contribution in [1.82, 2.24) is 9.97 Å². The van der Waals surface area contributed by atoms with E-state index in [1.807, 2.05) is 13.8 Å². The minimum absolute atomic E-state index is 0.108. The molecule has 1 aromatic rings. The van der Waals surface area contributed by atoms with Crippen molar-refractivity contribution < 1.29 is 9.47 Å². The number of ether oxygens (including phenoxy) is 2. The van der Waals surface area contributed by atoms with Crippen molar-refractivity contribution in [2.45, 2.75) is 25.9 Å². The first-order chi connectivity index (χ1) is 7.18. The van der Waals surface area contributed by atoms with Crippen LogP contribution in [-0.4, -0.2) is 29.3 Å². The predicted molar refractivity (Wildman–Crippen MR) is 55.8 cm³/mol. The molecule has 2 rings (SSSR count). The summed E-state index contributed by atoms with van der Waals surface area (Å²) in [4.78, 5) is 8.08. The van der Waals surface area contributed by atoms with E-state index >= 15 is 0 Å². The Morgan fingerprint density at radius 3 is 2.73 bits per heavy atom. The number of aromatic nitrogens is 2. The molecule has 0 unspecified atom stereocenters.